The monoisotopic (exact) mass is 434 g/mol. The van der Waals surface area contributed by atoms with Gasteiger partial charge in [-0.05, 0) is 73.6 Å². The van der Waals surface area contributed by atoms with Gasteiger partial charge in [-0.1, -0.05) is 56.3 Å². The lowest BCUT2D eigenvalue weighted by atomic mass is 9.80. The Morgan fingerprint density at radius 2 is 1.62 bits per heavy atom. The Morgan fingerprint density at radius 3 is 2.28 bits per heavy atom. The number of nitrogens with zero attached hydrogens (tertiary/aromatic N) is 1. The minimum absolute atomic E-state index is 0.0247. The summed E-state index contributed by atoms with van der Waals surface area (Å²) in [6.07, 6.45) is 6.95. The first kappa shape index (κ1) is 23.0. The van der Waals surface area contributed by atoms with Gasteiger partial charge in [-0.15, -0.1) is 0 Å². The maximum absolute atomic E-state index is 13.4. The predicted octanol–water partition coefficient (Wildman–Crippen LogP) is 5.52. The predicted molar refractivity (Wildman–Crippen MR) is 130 cm³/mol. The molecule has 0 aromatic heterocycles. The van der Waals surface area contributed by atoms with Crippen LogP contribution in [0, 0.1) is 11.8 Å². The van der Waals surface area contributed by atoms with Crippen LogP contribution in [-0.4, -0.2) is 42.1 Å². The summed E-state index contributed by atoms with van der Waals surface area (Å²) in [6, 6.07) is 18.1. The minimum atomic E-state index is -0.0483. The highest BCUT2D eigenvalue weighted by Gasteiger charge is 2.34. The van der Waals surface area contributed by atoms with Gasteiger partial charge in [-0.3, -0.25) is 4.79 Å². The second-order valence-corrected chi connectivity index (χ2v) is 9.93. The quantitative estimate of drug-likeness (QED) is 0.651. The van der Waals surface area contributed by atoms with Crippen LogP contribution >= 0.6 is 0 Å². The zero-order valence-electron chi connectivity index (χ0n) is 19.6. The highest BCUT2D eigenvalue weighted by Crippen LogP contribution is 2.32. The van der Waals surface area contributed by atoms with E-state index in [-0.39, 0.29) is 18.0 Å². The van der Waals surface area contributed by atoms with Crippen LogP contribution < -0.4 is 5.73 Å². The minimum Gasteiger partial charge on any atom is -0.376 e. The van der Waals surface area contributed by atoms with Crippen molar-refractivity contribution in [3.8, 4) is 11.1 Å². The SMILES string of the molecule is CC(C)C1CCC(OCC2C(N)CCCN2C(=O)c2ccc(-c3ccccc3)cc2)CC1. The van der Waals surface area contributed by atoms with E-state index in [1.165, 1.54) is 12.8 Å². The van der Waals surface area contributed by atoms with Crippen molar-refractivity contribution in [2.45, 2.75) is 70.6 Å². The lowest BCUT2D eigenvalue weighted by Gasteiger charge is -2.41. The number of piperidine rings is 1. The number of benzene rings is 2. The highest BCUT2D eigenvalue weighted by atomic mass is 16.5. The van der Waals surface area contributed by atoms with E-state index < -0.39 is 0 Å². The molecule has 2 fully saturated rings. The normalized spacial score (nSPS) is 26.3. The van der Waals surface area contributed by atoms with Crippen LogP contribution in [0.3, 0.4) is 0 Å². The van der Waals surface area contributed by atoms with E-state index in [1.54, 1.807) is 0 Å². The van der Waals surface area contributed by atoms with Crippen molar-refractivity contribution in [1.29, 1.82) is 0 Å². The summed E-state index contributed by atoms with van der Waals surface area (Å²) in [4.78, 5) is 15.4. The fourth-order valence-corrected chi connectivity index (χ4v) is 5.31. The average molecular weight is 435 g/mol. The third-order valence-electron chi connectivity index (χ3n) is 7.50. The van der Waals surface area contributed by atoms with Crippen LogP contribution in [0.4, 0.5) is 0 Å². The molecule has 2 aromatic carbocycles. The molecule has 1 aliphatic carbocycles. The van der Waals surface area contributed by atoms with Gasteiger partial charge < -0.3 is 15.4 Å². The van der Waals surface area contributed by atoms with Gasteiger partial charge in [-0.25, -0.2) is 0 Å². The van der Waals surface area contributed by atoms with Crippen molar-refractivity contribution in [3.63, 3.8) is 0 Å². The van der Waals surface area contributed by atoms with Crippen LogP contribution in [0.25, 0.3) is 11.1 Å². The number of amides is 1. The Kier molecular flexibility index (Phi) is 7.64. The standard InChI is InChI=1S/C28H38N2O2/c1-20(2)21-14-16-25(17-15-21)32-19-27-26(29)9-6-18-30(27)28(31)24-12-10-23(11-13-24)22-7-4-3-5-8-22/h3-5,7-8,10-13,20-21,25-27H,6,9,14-19,29H2,1-2H3. The van der Waals surface area contributed by atoms with E-state index in [4.69, 9.17) is 10.5 Å². The first-order chi connectivity index (χ1) is 15.5. The molecule has 0 radical (unpaired) electrons. The fourth-order valence-electron chi connectivity index (χ4n) is 5.31. The summed E-state index contributed by atoms with van der Waals surface area (Å²) in [5.41, 5.74) is 9.49. The Balaban J connectivity index is 1.39. The Labute approximate surface area is 193 Å². The van der Waals surface area contributed by atoms with E-state index >= 15 is 0 Å². The van der Waals surface area contributed by atoms with E-state index in [0.717, 1.165) is 60.8 Å². The summed E-state index contributed by atoms with van der Waals surface area (Å²) in [6.45, 7) is 5.94. The molecule has 0 spiro atoms. The fraction of sp³-hybridized carbons (Fsp3) is 0.536. The number of rotatable bonds is 6. The second kappa shape index (κ2) is 10.6. The summed E-state index contributed by atoms with van der Waals surface area (Å²) < 4.78 is 6.34. The number of hydrogen-bond acceptors (Lipinski definition) is 3. The third-order valence-corrected chi connectivity index (χ3v) is 7.50. The summed E-state index contributed by atoms with van der Waals surface area (Å²) in [5.74, 6) is 1.64. The maximum atomic E-state index is 13.4. The summed E-state index contributed by atoms with van der Waals surface area (Å²) in [7, 11) is 0. The van der Waals surface area contributed by atoms with Crippen molar-refractivity contribution in [1.82, 2.24) is 4.90 Å². The molecule has 2 atom stereocenters. The van der Waals surface area contributed by atoms with Crippen molar-refractivity contribution in [2.24, 2.45) is 17.6 Å². The second-order valence-electron chi connectivity index (χ2n) is 9.93. The largest absolute Gasteiger partial charge is 0.376 e. The molecule has 4 nitrogen and oxygen atoms in total. The molecule has 1 saturated carbocycles. The molecule has 32 heavy (non-hydrogen) atoms. The van der Waals surface area contributed by atoms with Gasteiger partial charge in [0.1, 0.15) is 0 Å². The Hall–Kier alpha value is -2.17. The molecule has 1 amide bonds. The van der Waals surface area contributed by atoms with Gasteiger partial charge in [0.05, 0.1) is 18.8 Å². The van der Waals surface area contributed by atoms with Gasteiger partial charge in [0, 0.05) is 18.2 Å². The van der Waals surface area contributed by atoms with Gasteiger partial charge in [-0.2, -0.15) is 0 Å². The zero-order chi connectivity index (χ0) is 22.5. The molecule has 2 N–H and O–H groups in total. The van der Waals surface area contributed by atoms with Crippen molar-refractivity contribution < 1.29 is 9.53 Å². The topological polar surface area (TPSA) is 55.6 Å². The molecular formula is C28H38N2O2. The molecule has 4 rings (SSSR count). The molecule has 1 aliphatic heterocycles. The average Bonchev–Trinajstić information content (AvgIpc) is 2.83. The first-order valence-electron chi connectivity index (χ1n) is 12.4. The van der Waals surface area contributed by atoms with Gasteiger partial charge >= 0.3 is 0 Å². The molecule has 2 unspecified atom stereocenters. The number of carbonyl (C=O) groups is 1. The van der Waals surface area contributed by atoms with Gasteiger partial charge in [0.2, 0.25) is 0 Å². The lowest BCUT2D eigenvalue weighted by molar-refractivity contribution is -0.0268. The number of hydrogen-bond donors (Lipinski definition) is 1. The maximum Gasteiger partial charge on any atom is 0.254 e. The van der Waals surface area contributed by atoms with Gasteiger partial charge in [0.15, 0.2) is 0 Å². The van der Waals surface area contributed by atoms with Crippen LogP contribution in [0.15, 0.2) is 54.6 Å². The van der Waals surface area contributed by atoms with Crippen molar-refractivity contribution >= 4 is 5.91 Å². The van der Waals surface area contributed by atoms with E-state index in [0.29, 0.717) is 12.7 Å². The molecular weight excluding hydrogens is 396 g/mol. The van der Waals surface area contributed by atoms with Crippen LogP contribution in [0.1, 0.15) is 62.7 Å². The Bertz CT molecular complexity index is 857. The number of ether oxygens (including phenoxy) is 1. The van der Waals surface area contributed by atoms with Crippen molar-refractivity contribution in [2.75, 3.05) is 13.2 Å². The van der Waals surface area contributed by atoms with E-state index in [2.05, 4.69) is 26.0 Å². The summed E-state index contributed by atoms with van der Waals surface area (Å²) in [5, 5.41) is 0. The molecule has 4 heteroatoms. The molecule has 172 valence electrons. The summed E-state index contributed by atoms with van der Waals surface area (Å²) >= 11 is 0. The lowest BCUT2D eigenvalue weighted by Crippen LogP contribution is -2.56. The van der Waals surface area contributed by atoms with Crippen LogP contribution in [-0.2, 0) is 4.74 Å². The van der Waals surface area contributed by atoms with Gasteiger partial charge in [0.25, 0.3) is 5.91 Å². The van der Waals surface area contributed by atoms with E-state index in [9.17, 15) is 4.79 Å². The third kappa shape index (κ3) is 5.41. The van der Waals surface area contributed by atoms with Crippen molar-refractivity contribution in [3.05, 3.63) is 60.2 Å². The molecule has 2 aliphatic rings. The number of carbonyl (C=O) groups excluding carboxylic acids is 1. The molecule has 2 aromatic rings. The molecule has 1 saturated heterocycles. The molecule has 0 bridgehead atoms. The zero-order valence-corrected chi connectivity index (χ0v) is 19.6. The van der Waals surface area contributed by atoms with E-state index in [1.807, 2.05) is 47.4 Å². The first-order valence-corrected chi connectivity index (χ1v) is 12.4. The highest BCUT2D eigenvalue weighted by molar-refractivity contribution is 5.95. The smallest absolute Gasteiger partial charge is 0.254 e. The molecule has 1 heterocycles. The number of likely N-dealkylation sites (tertiary alicyclic amines) is 1. The van der Waals surface area contributed by atoms with Crippen LogP contribution in [0.2, 0.25) is 0 Å². The Morgan fingerprint density at radius 1 is 0.969 bits per heavy atom. The number of nitrogens with two attached hydrogens (primary N) is 1. The van der Waals surface area contributed by atoms with Crippen LogP contribution in [0.5, 0.6) is 0 Å².